The molecule has 2 rings (SSSR count). The van der Waals surface area contributed by atoms with Crippen LogP contribution in [0.25, 0.3) is 0 Å². The Morgan fingerprint density at radius 3 is 2.61 bits per heavy atom. The molecule has 0 unspecified atom stereocenters. The van der Waals surface area contributed by atoms with Crippen LogP contribution in [0.2, 0.25) is 0 Å². The van der Waals surface area contributed by atoms with Crippen molar-refractivity contribution in [3.8, 4) is 0 Å². The first-order valence-electron chi connectivity index (χ1n) is 7.75. The van der Waals surface area contributed by atoms with Gasteiger partial charge in [-0.1, -0.05) is 32.6 Å². The van der Waals surface area contributed by atoms with Crippen molar-refractivity contribution in [2.45, 2.75) is 58.3 Å². The van der Waals surface area contributed by atoms with Crippen molar-refractivity contribution in [2.75, 3.05) is 26.7 Å². The van der Waals surface area contributed by atoms with Crippen LogP contribution in [0, 0.1) is 5.41 Å². The van der Waals surface area contributed by atoms with Gasteiger partial charge < -0.3 is 10.2 Å². The van der Waals surface area contributed by atoms with Crippen molar-refractivity contribution in [2.24, 2.45) is 10.4 Å². The van der Waals surface area contributed by atoms with E-state index in [2.05, 4.69) is 22.1 Å². The van der Waals surface area contributed by atoms with E-state index in [1.54, 1.807) is 0 Å². The fourth-order valence-corrected chi connectivity index (χ4v) is 3.29. The van der Waals surface area contributed by atoms with Crippen LogP contribution in [0.3, 0.4) is 0 Å². The molecule has 1 N–H and O–H groups in total. The summed E-state index contributed by atoms with van der Waals surface area (Å²) in [6, 6.07) is 0. The average Bonchev–Trinajstić information content (AvgIpc) is 2.79. The molecule has 0 aromatic carbocycles. The molecule has 0 amide bonds. The van der Waals surface area contributed by atoms with Crippen molar-refractivity contribution < 1.29 is 0 Å². The summed E-state index contributed by atoms with van der Waals surface area (Å²) < 4.78 is 0. The van der Waals surface area contributed by atoms with Crippen LogP contribution in [0.15, 0.2) is 4.99 Å². The zero-order chi connectivity index (χ0) is 12.8. The van der Waals surface area contributed by atoms with Gasteiger partial charge in [0.05, 0.1) is 0 Å². The van der Waals surface area contributed by atoms with Gasteiger partial charge in [0.1, 0.15) is 0 Å². The Kier molecular flexibility index (Phi) is 4.90. The van der Waals surface area contributed by atoms with Gasteiger partial charge in [0.15, 0.2) is 5.96 Å². The van der Waals surface area contributed by atoms with Gasteiger partial charge >= 0.3 is 0 Å². The van der Waals surface area contributed by atoms with E-state index in [1.165, 1.54) is 64.5 Å². The van der Waals surface area contributed by atoms with Crippen molar-refractivity contribution in [1.29, 1.82) is 0 Å². The molecule has 3 heteroatoms. The lowest BCUT2D eigenvalue weighted by Crippen LogP contribution is -2.42. The summed E-state index contributed by atoms with van der Waals surface area (Å²) in [7, 11) is 1.92. The summed E-state index contributed by atoms with van der Waals surface area (Å²) >= 11 is 0. The molecule has 18 heavy (non-hydrogen) atoms. The maximum absolute atomic E-state index is 4.44. The monoisotopic (exact) mass is 251 g/mol. The first kappa shape index (κ1) is 13.7. The topological polar surface area (TPSA) is 27.6 Å². The lowest BCUT2D eigenvalue weighted by Gasteiger charge is -2.38. The number of unbranched alkanes of at least 4 members (excludes halogenated alkanes) is 3. The minimum atomic E-state index is 0.666. The predicted molar refractivity (Wildman–Crippen MR) is 78.0 cm³/mol. The highest BCUT2D eigenvalue weighted by Gasteiger charge is 2.43. The van der Waals surface area contributed by atoms with Crippen molar-refractivity contribution >= 4 is 5.96 Å². The molecule has 0 radical (unpaired) electrons. The Bertz CT molecular complexity index is 281. The first-order chi connectivity index (χ1) is 8.79. The van der Waals surface area contributed by atoms with Crippen LogP contribution in [-0.4, -0.2) is 37.5 Å². The molecule has 1 spiro atoms. The lowest BCUT2D eigenvalue weighted by molar-refractivity contribution is 0.151. The van der Waals surface area contributed by atoms with Gasteiger partial charge in [0.2, 0.25) is 0 Å². The third kappa shape index (κ3) is 3.18. The summed E-state index contributed by atoms with van der Waals surface area (Å²) in [5.41, 5.74) is 0.666. The maximum atomic E-state index is 4.44. The minimum Gasteiger partial charge on any atom is -0.356 e. The fourth-order valence-electron chi connectivity index (χ4n) is 3.29. The van der Waals surface area contributed by atoms with E-state index in [0.29, 0.717) is 5.41 Å². The molecule has 1 saturated carbocycles. The lowest BCUT2D eigenvalue weighted by atomic mass is 9.68. The van der Waals surface area contributed by atoms with E-state index in [9.17, 15) is 0 Å². The number of nitrogens with zero attached hydrogens (tertiary/aromatic N) is 2. The van der Waals surface area contributed by atoms with E-state index in [4.69, 9.17) is 0 Å². The second kappa shape index (κ2) is 6.44. The van der Waals surface area contributed by atoms with Crippen LogP contribution in [0.5, 0.6) is 0 Å². The third-order valence-electron chi connectivity index (χ3n) is 4.68. The molecule has 0 bridgehead atoms. The van der Waals surface area contributed by atoms with Crippen LogP contribution >= 0.6 is 0 Å². The highest BCUT2D eigenvalue weighted by Crippen LogP contribution is 2.47. The molecule has 0 aromatic heterocycles. The molecule has 2 aliphatic rings. The number of likely N-dealkylation sites (tertiary alicyclic amines) is 1. The summed E-state index contributed by atoms with van der Waals surface area (Å²) in [5.74, 6) is 1.13. The molecule has 0 aromatic rings. The number of guanidine groups is 1. The molecule has 1 aliphatic heterocycles. The second-order valence-electron chi connectivity index (χ2n) is 6.06. The van der Waals surface area contributed by atoms with E-state index >= 15 is 0 Å². The quantitative estimate of drug-likeness (QED) is 0.462. The smallest absolute Gasteiger partial charge is 0.193 e. The zero-order valence-corrected chi connectivity index (χ0v) is 12.2. The van der Waals surface area contributed by atoms with Gasteiger partial charge in [0, 0.05) is 26.7 Å². The summed E-state index contributed by atoms with van der Waals surface area (Å²) in [6.07, 6.45) is 11.0. The van der Waals surface area contributed by atoms with E-state index in [-0.39, 0.29) is 0 Å². The summed E-state index contributed by atoms with van der Waals surface area (Å²) in [5, 5.41) is 3.53. The largest absolute Gasteiger partial charge is 0.356 e. The van der Waals surface area contributed by atoms with Crippen molar-refractivity contribution in [3.63, 3.8) is 0 Å². The predicted octanol–water partition coefficient (Wildman–Crippen LogP) is 3.02. The van der Waals surface area contributed by atoms with Gasteiger partial charge in [-0.05, 0) is 31.1 Å². The van der Waals surface area contributed by atoms with Crippen LogP contribution in [0.1, 0.15) is 58.3 Å². The van der Waals surface area contributed by atoms with E-state index in [1.807, 2.05) is 7.05 Å². The van der Waals surface area contributed by atoms with Crippen molar-refractivity contribution in [1.82, 2.24) is 10.2 Å². The van der Waals surface area contributed by atoms with Gasteiger partial charge in [-0.2, -0.15) is 0 Å². The number of hydrogen-bond acceptors (Lipinski definition) is 1. The first-order valence-corrected chi connectivity index (χ1v) is 7.75. The number of aliphatic imine (C=N–C) groups is 1. The van der Waals surface area contributed by atoms with Crippen LogP contribution < -0.4 is 5.32 Å². The molecular weight excluding hydrogens is 222 g/mol. The van der Waals surface area contributed by atoms with Crippen LogP contribution in [-0.2, 0) is 0 Å². The normalized spacial score (nSPS) is 22.3. The van der Waals surface area contributed by atoms with Gasteiger partial charge in [-0.3, -0.25) is 4.99 Å². The van der Waals surface area contributed by atoms with Crippen LogP contribution in [0.4, 0.5) is 0 Å². The number of rotatable bonds is 5. The zero-order valence-electron chi connectivity index (χ0n) is 12.2. The Labute approximate surface area is 112 Å². The third-order valence-corrected chi connectivity index (χ3v) is 4.68. The van der Waals surface area contributed by atoms with E-state index < -0.39 is 0 Å². The Morgan fingerprint density at radius 1 is 1.22 bits per heavy atom. The molecule has 0 atom stereocenters. The molecule has 104 valence electrons. The average molecular weight is 251 g/mol. The van der Waals surface area contributed by atoms with E-state index in [0.717, 1.165) is 12.5 Å². The minimum absolute atomic E-state index is 0.666. The summed E-state index contributed by atoms with van der Waals surface area (Å²) in [4.78, 5) is 6.91. The highest BCUT2D eigenvalue weighted by molar-refractivity contribution is 5.80. The SMILES string of the molecule is CCCCCCNC(=NC)N1CCC2(CCC2)C1. The highest BCUT2D eigenvalue weighted by atomic mass is 15.3. The number of nitrogens with one attached hydrogen (secondary N) is 1. The molecule has 1 saturated heterocycles. The van der Waals surface area contributed by atoms with Gasteiger partial charge in [-0.15, -0.1) is 0 Å². The molecular formula is C15H29N3. The molecule has 1 heterocycles. The Balaban J connectivity index is 1.69. The van der Waals surface area contributed by atoms with Gasteiger partial charge in [0.25, 0.3) is 0 Å². The Morgan fingerprint density at radius 2 is 2.06 bits per heavy atom. The Hall–Kier alpha value is -0.730. The molecule has 2 fully saturated rings. The second-order valence-corrected chi connectivity index (χ2v) is 6.06. The van der Waals surface area contributed by atoms with Gasteiger partial charge in [-0.25, -0.2) is 0 Å². The maximum Gasteiger partial charge on any atom is 0.193 e. The summed E-state index contributed by atoms with van der Waals surface area (Å²) in [6.45, 7) is 5.78. The van der Waals surface area contributed by atoms with Crippen molar-refractivity contribution in [3.05, 3.63) is 0 Å². The molecule has 3 nitrogen and oxygen atoms in total. The fraction of sp³-hybridized carbons (Fsp3) is 0.933. The molecule has 1 aliphatic carbocycles. The number of hydrogen-bond donors (Lipinski definition) is 1. The standard InChI is InChI=1S/C15H29N3/c1-3-4-5-6-11-17-14(16-2)18-12-10-15(13-18)8-7-9-15/h3-13H2,1-2H3,(H,16,17).